The van der Waals surface area contributed by atoms with E-state index in [1.807, 2.05) is 0 Å². The summed E-state index contributed by atoms with van der Waals surface area (Å²) in [4.78, 5) is 0. The summed E-state index contributed by atoms with van der Waals surface area (Å²) < 4.78 is 0. The highest BCUT2D eigenvalue weighted by Crippen LogP contribution is 2.63. The van der Waals surface area contributed by atoms with Gasteiger partial charge in [0.2, 0.25) is 0 Å². The zero-order valence-electron chi connectivity index (χ0n) is 8.22. The third kappa shape index (κ3) is 0.831. The predicted molar refractivity (Wildman–Crippen MR) is 51.5 cm³/mol. The monoisotopic (exact) mass is 150 g/mol. The van der Waals surface area contributed by atoms with Crippen molar-refractivity contribution in [2.75, 3.05) is 0 Å². The van der Waals surface area contributed by atoms with Crippen LogP contribution in [-0.4, -0.2) is 7.85 Å². The smallest absolute Gasteiger partial charge is 0.0666 e. The number of hydrogen-bond acceptors (Lipinski definition) is 0. The quantitative estimate of drug-likeness (QED) is 0.464. The van der Waals surface area contributed by atoms with E-state index in [-0.39, 0.29) is 0 Å². The molecule has 0 amide bonds. The van der Waals surface area contributed by atoms with Crippen molar-refractivity contribution in [2.45, 2.75) is 39.4 Å². The average Bonchev–Trinajstić information content (AvgIpc) is 1.93. The minimum atomic E-state index is 0.686. The average molecular weight is 150 g/mol. The highest BCUT2D eigenvalue weighted by Gasteiger charge is 2.54. The highest BCUT2D eigenvalue weighted by atomic mass is 14.6. The Morgan fingerprint density at radius 3 is 2.27 bits per heavy atom. The second-order valence-corrected chi connectivity index (χ2v) is 5.43. The molecule has 3 aliphatic rings. The Hall–Kier alpha value is 0.0649. The van der Waals surface area contributed by atoms with Crippen LogP contribution in [0, 0.1) is 23.2 Å². The van der Waals surface area contributed by atoms with Gasteiger partial charge in [0.05, 0.1) is 0 Å². The first kappa shape index (κ1) is 7.70. The Kier molecular flexibility index (Phi) is 1.44. The van der Waals surface area contributed by atoms with Gasteiger partial charge in [-0.2, -0.15) is 0 Å². The Morgan fingerprint density at radius 1 is 1.27 bits per heavy atom. The summed E-state index contributed by atoms with van der Waals surface area (Å²) in [5.41, 5.74) is 0.686. The van der Waals surface area contributed by atoms with Crippen LogP contribution in [0.3, 0.4) is 0 Å². The van der Waals surface area contributed by atoms with Crippen molar-refractivity contribution in [3.05, 3.63) is 0 Å². The first-order chi connectivity index (χ1) is 5.03. The van der Waals surface area contributed by atoms with Gasteiger partial charge in [0.15, 0.2) is 0 Å². The third-order valence-corrected chi connectivity index (χ3v) is 4.73. The van der Waals surface area contributed by atoms with Gasteiger partial charge in [-0.05, 0) is 29.6 Å². The Labute approximate surface area is 71.2 Å². The normalized spacial score (nSPS) is 53.4. The van der Waals surface area contributed by atoms with Gasteiger partial charge < -0.3 is 0 Å². The molecular weight excluding hydrogens is 131 g/mol. The van der Waals surface area contributed by atoms with Crippen molar-refractivity contribution in [2.24, 2.45) is 23.2 Å². The van der Waals surface area contributed by atoms with Gasteiger partial charge in [0, 0.05) is 0 Å². The molecule has 11 heavy (non-hydrogen) atoms. The van der Waals surface area contributed by atoms with E-state index >= 15 is 0 Å². The molecule has 0 nitrogen and oxygen atoms in total. The van der Waals surface area contributed by atoms with Crippen molar-refractivity contribution in [1.82, 2.24) is 0 Å². The molecule has 0 spiro atoms. The van der Waals surface area contributed by atoms with Crippen LogP contribution in [0.15, 0.2) is 0 Å². The minimum Gasteiger partial charge on any atom is -0.0666 e. The minimum absolute atomic E-state index is 0.686. The maximum atomic E-state index is 2.47. The third-order valence-electron chi connectivity index (χ3n) is 4.73. The van der Waals surface area contributed by atoms with Gasteiger partial charge >= 0.3 is 0 Å². The summed E-state index contributed by atoms with van der Waals surface area (Å²) in [7, 11) is 2.43. The van der Waals surface area contributed by atoms with Crippen LogP contribution < -0.4 is 0 Å². The maximum Gasteiger partial charge on any atom is 0.105 e. The molecule has 0 aromatic heterocycles. The molecule has 3 fully saturated rings. The fourth-order valence-corrected chi connectivity index (χ4v) is 3.41. The standard InChI is InChI=1S/C10H19B/c1-6-8-4-7(5-9(6)11)10(8,2)3/h6-9H,4-5,11H2,1-3H3/t6?,7-,8+,9?/m0/s1. The van der Waals surface area contributed by atoms with Crippen molar-refractivity contribution < 1.29 is 0 Å². The largest absolute Gasteiger partial charge is 0.105 e. The molecule has 2 unspecified atom stereocenters. The summed E-state index contributed by atoms with van der Waals surface area (Å²) in [5, 5.41) is 0. The van der Waals surface area contributed by atoms with Crippen molar-refractivity contribution in [1.29, 1.82) is 0 Å². The maximum absolute atomic E-state index is 2.47. The highest BCUT2D eigenvalue weighted by molar-refractivity contribution is 6.12. The number of fused-ring (bicyclic) bond motifs is 2. The van der Waals surface area contributed by atoms with E-state index in [4.69, 9.17) is 0 Å². The second-order valence-electron chi connectivity index (χ2n) is 5.43. The molecule has 3 rings (SSSR count). The molecular formula is C10H19B. The van der Waals surface area contributed by atoms with Gasteiger partial charge in [-0.3, -0.25) is 0 Å². The van der Waals surface area contributed by atoms with Crippen LogP contribution in [0.25, 0.3) is 0 Å². The summed E-state index contributed by atoms with van der Waals surface area (Å²) >= 11 is 0. The van der Waals surface area contributed by atoms with Crippen LogP contribution in [-0.2, 0) is 0 Å². The Morgan fingerprint density at radius 2 is 1.91 bits per heavy atom. The van der Waals surface area contributed by atoms with Crippen LogP contribution in [0.4, 0.5) is 0 Å². The lowest BCUT2D eigenvalue weighted by molar-refractivity contribution is -0.0979. The molecule has 0 radical (unpaired) electrons. The van der Waals surface area contributed by atoms with E-state index in [9.17, 15) is 0 Å². The van der Waals surface area contributed by atoms with Crippen molar-refractivity contribution >= 4 is 7.85 Å². The van der Waals surface area contributed by atoms with Crippen molar-refractivity contribution in [3.8, 4) is 0 Å². The second kappa shape index (κ2) is 2.05. The molecule has 3 aliphatic carbocycles. The van der Waals surface area contributed by atoms with Gasteiger partial charge in [0.1, 0.15) is 7.85 Å². The first-order valence-electron chi connectivity index (χ1n) is 5.03. The molecule has 0 heterocycles. The van der Waals surface area contributed by atoms with Crippen LogP contribution in [0.2, 0.25) is 5.82 Å². The van der Waals surface area contributed by atoms with E-state index in [0.717, 1.165) is 23.6 Å². The molecule has 0 aromatic rings. The molecule has 0 aromatic carbocycles. The molecule has 4 atom stereocenters. The Bertz CT molecular complexity index is 174. The zero-order chi connectivity index (χ0) is 8.22. The Balaban J connectivity index is 2.17. The van der Waals surface area contributed by atoms with Crippen LogP contribution >= 0.6 is 0 Å². The predicted octanol–water partition coefficient (Wildman–Crippen LogP) is 2.11. The van der Waals surface area contributed by atoms with Crippen LogP contribution in [0.5, 0.6) is 0 Å². The lowest BCUT2D eigenvalue weighted by atomic mass is 9.41. The summed E-state index contributed by atoms with van der Waals surface area (Å²) in [5.74, 6) is 4.07. The van der Waals surface area contributed by atoms with Crippen LogP contribution in [0.1, 0.15) is 33.6 Å². The molecule has 0 N–H and O–H groups in total. The SMILES string of the molecule is BC1C[C@@H]2C[C@H](C1C)C2(C)C. The van der Waals surface area contributed by atoms with Crippen molar-refractivity contribution in [3.63, 3.8) is 0 Å². The summed E-state index contributed by atoms with van der Waals surface area (Å²) in [6.45, 7) is 7.38. The van der Waals surface area contributed by atoms with E-state index in [2.05, 4.69) is 28.6 Å². The van der Waals surface area contributed by atoms with E-state index in [1.54, 1.807) is 0 Å². The summed E-state index contributed by atoms with van der Waals surface area (Å²) in [6.07, 6.45) is 3.02. The lowest BCUT2D eigenvalue weighted by Crippen LogP contribution is -2.53. The molecule has 0 aliphatic heterocycles. The zero-order valence-corrected chi connectivity index (χ0v) is 8.22. The van der Waals surface area contributed by atoms with Gasteiger partial charge in [-0.25, -0.2) is 0 Å². The topological polar surface area (TPSA) is 0 Å². The summed E-state index contributed by atoms with van der Waals surface area (Å²) in [6, 6.07) is 0. The van der Waals surface area contributed by atoms with E-state index in [0.29, 0.717) is 5.41 Å². The van der Waals surface area contributed by atoms with Gasteiger partial charge in [-0.1, -0.05) is 33.0 Å². The van der Waals surface area contributed by atoms with E-state index in [1.165, 1.54) is 12.8 Å². The lowest BCUT2D eigenvalue weighted by Gasteiger charge is -2.62. The molecule has 0 saturated heterocycles. The fourth-order valence-electron chi connectivity index (χ4n) is 3.41. The molecule has 1 heteroatoms. The fraction of sp³-hybridized carbons (Fsp3) is 1.00. The molecule has 62 valence electrons. The number of rotatable bonds is 0. The number of hydrogen-bond donors (Lipinski definition) is 0. The van der Waals surface area contributed by atoms with Gasteiger partial charge in [0.25, 0.3) is 0 Å². The van der Waals surface area contributed by atoms with E-state index < -0.39 is 0 Å². The molecule has 3 saturated carbocycles. The first-order valence-corrected chi connectivity index (χ1v) is 5.03. The van der Waals surface area contributed by atoms with Gasteiger partial charge in [-0.15, -0.1) is 0 Å². The molecule has 2 bridgehead atoms.